The van der Waals surface area contributed by atoms with Crippen molar-refractivity contribution in [2.24, 2.45) is 5.92 Å². The number of rotatable bonds is 6. The first-order valence-corrected chi connectivity index (χ1v) is 5.28. The molecule has 0 spiro atoms. The van der Waals surface area contributed by atoms with Crippen molar-refractivity contribution in [2.75, 3.05) is 47.4 Å². The number of ether oxygens (including phenoxy) is 1. The Bertz CT molecular complexity index is 174. The predicted octanol–water partition coefficient (Wildman–Crippen LogP) is 1.03. The van der Waals surface area contributed by atoms with Crippen LogP contribution in [0.25, 0.3) is 0 Å². The van der Waals surface area contributed by atoms with Gasteiger partial charge in [-0.2, -0.15) is 0 Å². The third-order valence-electron chi connectivity index (χ3n) is 2.43. The van der Waals surface area contributed by atoms with Crippen LogP contribution in [0.2, 0.25) is 0 Å². The maximum atomic E-state index is 5.49. The molecular weight excluding hydrogens is 176 g/mol. The summed E-state index contributed by atoms with van der Waals surface area (Å²) in [7, 11) is 6.19. The average molecular weight is 198 g/mol. The van der Waals surface area contributed by atoms with Crippen LogP contribution in [0.3, 0.4) is 0 Å². The monoisotopic (exact) mass is 198 g/mol. The second-order valence-electron chi connectivity index (χ2n) is 4.30. The molecule has 0 aromatic heterocycles. The molecule has 0 amide bonds. The van der Waals surface area contributed by atoms with Gasteiger partial charge in [-0.1, -0.05) is 0 Å². The highest BCUT2D eigenvalue weighted by Gasteiger charge is 2.21. The number of nitrogens with zero attached hydrogens (tertiary/aromatic N) is 2. The second-order valence-corrected chi connectivity index (χ2v) is 4.30. The fourth-order valence-electron chi connectivity index (χ4n) is 1.67. The normalized spacial score (nSPS) is 18.8. The zero-order valence-corrected chi connectivity index (χ0v) is 9.57. The van der Waals surface area contributed by atoms with Crippen molar-refractivity contribution in [3.8, 4) is 0 Å². The molecule has 1 heterocycles. The summed E-state index contributed by atoms with van der Waals surface area (Å²) in [5.41, 5.74) is 0. The van der Waals surface area contributed by atoms with E-state index in [-0.39, 0.29) is 0 Å². The molecule has 1 aliphatic rings. The lowest BCUT2D eigenvalue weighted by molar-refractivity contribution is 0.0809. The second kappa shape index (κ2) is 6.04. The lowest BCUT2D eigenvalue weighted by Crippen LogP contribution is -2.43. The molecule has 0 aromatic rings. The molecule has 1 aliphatic heterocycles. The van der Waals surface area contributed by atoms with Crippen molar-refractivity contribution in [2.45, 2.75) is 6.42 Å². The zero-order chi connectivity index (χ0) is 10.4. The van der Waals surface area contributed by atoms with Crippen molar-refractivity contribution >= 4 is 0 Å². The van der Waals surface area contributed by atoms with Crippen molar-refractivity contribution in [1.29, 1.82) is 0 Å². The van der Waals surface area contributed by atoms with E-state index in [1.165, 1.54) is 19.5 Å². The third kappa shape index (κ3) is 4.63. The molecule has 0 radical (unpaired) electrons. The summed E-state index contributed by atoms with van der Waals surface area (Å²) in [5, 5.41) is 0. The van der Waals surface area contributed by atoms with E-state index >= 15 is 0 Å². The van der Waals surface area contributed by atoms with Gasteiger partial charge in [0.1, 0.15) is 0 Å². The Balaban J connectivity index is 1.85. The van der Waals surface area contributed by atoms with E-state index in [1.807, 2.05) is 31.3 Å². The Labute approximate surface area is 87.3 Å². The molecule has 0 atom stereocenters. The summed E-state index contributed by atoms with van der Waals surface area (Å²) in [4.78, 5) is 4.36. The van der Waals surface area contributed by atoms with Crippen LogP contribution in [0.1, 0.15) is 6.42 Å². The molecule has 3 nitrogen and oxygen atoms in total. The Hall–Kier alpha value is -0.540. The lowest BCUT2D eigenvalue weighted by Gasteiger charge is -2.36. The SMILES string of the molecule is CN(C)/C=C/COCCC1CN(C)C1. The highest BCUT2D eigenvalue weighted by molar-refractivity contribution is 4.79. The van der Waals surface area contributed by atoms with Gasteiger partial charge in [0, 0.05) is 33.8 Å². The molecule has 0 bridgehead atoms. The first-order valence-electron chi connectivity index (χ1n) is 5.28. The number of hydrogen-bond acceptors (Lipinski definition) is 3. The van der Waals surface area contributed by atoms with Crippen LogP contribution in [0, 0.1) is 5.92 Å². The fraction of sp³-hybridized carbons (Fsp3) is 0.818. The molecule has 1 rings (SSSR count). The first kappa shape index (κ1) is 11.5. The smallest absolute Gasteiger partial charge is 0.0664 e. The highest BCUT2D eigenvalue weighted by atomic mass is 16.5. The van der Waals surface area contributed by atoms with E-state index in [1.54, 1.807) is 0 Å². The molecule has 0 N–H and O–H groups in total. The Morgan fingerprint density at radius 1 is 1.43 bits per heavy atom. The minimum atomic E-state index is 0.737. The topological polar surface area (TPSA) is 15.7 Å². The summed E-state index contributed by atoms with van der Waals surface area (Å²) in [6.07, 6.45) is 5.28. The zero-order valence-electron chi connectivity index (χ0n) is 9.57. The minimum Gasteiger partial charge on any atom is -0.384 e. The van der Waals surface area contributed by atoms with Gasteiger partial charge < -0.3 is 14.5 Å². The summed E-state index contributed by atoms with van der Waals surface area (Å²) in [5.74, 6) is 0.873. The largest absolute Gasteiger partial charge is 0.384 e. The summed E-state index contributed by atoms with van der Waals surface area (Å²) in [6.45, 7) is 4.13. The average Bonchev–Trinajstić information content (AvgIpc) is 2.07. The molecule has 0 unspecified atom stereocenters. The molecule has 14 heavy (non-hydrogen) atoms. The Kier molecular flexibility index (Phi) is 4.98. The molecule has 0 saturated carbocycles. The minimum absolute atomic E-state index is 0.737. The molecule has 1 fully saturated rings. The van der Waals surface area contributed by atoms with Crippen LogP contribution < -0.4 is 0 Å². The highest BCUT2D eigenvalue weighted by Crippen LogP contribution is 2.16. The van der Waals surface area contributed by atoms with Crippen LogP contribution in [0.5, 0.6) is 0 Å². The first-order chi connectivity index (χ1) is 6.68. The van der Waals surface area contributed by atoms with Crippen molar-refractivity contribution < 1.29 is 4.74 Å². The molecule has 0 aromatic carbocycles. The third-order valence-corrected chi connectivity index (χ3v) is 2.43. The Morgan fingerprint density at radius 3 is 2.71 bits per heavy atom. The van der Waals surface area contributed by atoms with Crippen molar-refractivity contribution in [1.82, 2.24) is 9.80 Å². The van der Waals surface area contributed by atoms with Crippen LogP contribution in [0.4, 0.5) is 0 Å². The molecule has 82 valence electrons. The van der Waals surface area contributed by atoms with Gasteiger partial charge in [-0.3, -0.25) is 0 Å². The summed E-state index contributed by atoms with van der Waals surface area (Å²) >= 11 is 0. The van der Waals surface area contributed by atoms with Gasteiger partial charge in [0.2, 0.25) is 0 Å². The van der Waals surface area contributed by atoms with Crippen LogP contribution in [-0.4, -0.2) is 57.2 Å². The van der Waals surface area contributed by atoms with Gasteiger partial charge >= 0.3 is 0 Å². The maximum absolute atomic E-state index is 5.49. The van der Waals surface area contributed by atoms with Crippen LogP contribution >= 0.6 is 0 Å². The van der Waals surface area contributed by atoms with Crippen LogP contribution in [-0.2, 0) is 4.74 Å². The maximum Gasteiger partial charge on any atom is 0.0664 e. The van der Waals surface area contributed by atoms with Crippen LogP contribution in [0.15, 0.2) is 12.3 Å². The predicted molar refractivity (Wildman–Crippen MR) is 59.3 cm³/mol. The van der Waals surface area contributed by atoms with Gasteiger partial charge in [-0.05, 0) is 31.7 Å². The molecule has 1 saturated heterocycles. The Morgan fingerprint density at radius 2 is 2.14 bits per heavy atom. The van der Waals surface area contributed by atoms with E-state index in [9.17, 15) is 0 Å². The standard InChI is InChI=1S/C11H22N2O/c1-12(2)6-4-7-14-8-5-11-9-13(3)10-11/h4,6,11H,5,7-10H2,1-3H3/b6-4+. The lowest BCUT2D eigenvalue weighted by atomic mass is 9.98. The van der Waals surface area contributed by atoms with E-state index in [0.29, 0.717) is 0 Å². The summed E-state index contributed by atoms with van der Waals surface area (Å²) in [6, 6.07) is 0. The number of hydrogen-bond donors (Lipinski definition) is 0. The van der Waals surface area contributed by atoms with Crippen molar-refractivity contribution in [3.63, 3.8) is 0 Å². The van der Waals surface area contributed by atoms with E-state index in [2.05, 4.69) is 11.9 Å². The number of likely N-dealkylation sites (tertiary alicyclic amines) is 1. The fourth-order valence-corrected chi connectivity index (χ4v) is 1.67. The molecular formula is C11H22N2O. The van der Waals surface area contributed by atoms with E-state index in [4.69, 9.17) is 4.74 Å². The van der Waals surface area contributed by atoms with Gasteiger partial charge in [-0.25, -0.2) is 0 Å². The van der Waals surface area contributed by atoms with Gasteiger partial charge in [0.05, 0.1) is 6.61 Å². The van der Waals surface area contributed by atoms with Gasteiger partial charge in [-0.15, -0.1) is 0 Å². The van der Waals surface area contributed by atoms with Crippen molar-refractivity contribution in [3.05, 3.63) is 12.3 Å². The quantitative estimate of drug-likeness (QED) is 0.593. The van der Waals surface area contributed by atoms with E-state index in [0.717, 1.165) is 19.1 Å². The van der Waals surface area contributed by atoms with Gasteiger partial charge in [0.25, 0.3) is 0 Å². The molecule has 3 heteroatoms. The summed E-state index contributed by atoms with van der Waals surface area (Å²) < 4.78 is 5.49. The van der Waals surface area contributed by atoms with E-state index < -0.39 is 0 Å². The molecule has 0 aliphatic carbocycles. The van der Waals surface area contributed by atoms with Gasteiger partial charge in [0.15, 0.2) is 0 Å².